The quantitative estimate of drug-likeness (QED) is 0.779. The molecule has 1 rings (SSSR count). The number of rotatable bonds is 7. The lowest BCUT2D eigenvalue weighted by Gasteiger charge is -2.15. The first kappa shape index (κ1) is 15.0. The van der Waals surface area contributed by atoms with E-state index in [-0.39, 0.29) is 13.2 Å². The van der Waals surface area contributed by atoms with Crippen LogP contribution in [0.3, 0.4) is 0 Å². The molecule has 4 heteroatoms. The average Bonchev–Trinajstić information content (AvgIpc) is 2.34. The molecule has 0 bridgehead atoms. The van der Waals surface area contributed by atoms with Crippen LogP contribution in [0.5, 0.6) is 5.75 Å². The SMILES string of the molecule is CCOCC(O)COc1ccc([C@H](C)O)cc1C. The predicted octanol–water partition coefficient (Wildman–Crippen LogP) is 1.82. The van der Waals surface area contributed by atoms with Gasteiger partial charge in [0.25, 0.3) is 0 Å². The lowest BCUT2D eigenvalue weighted by Crippen LogP contribution is -2.23. The lowest BCUT2D eigenvalue weighted by atomic mass is 10.1. The number of ether oxygens (including phenoxy) is 2. The summed E-state index contributed by atoms with van der Waals surface area (Å²) in [6.07, 6.45) is -1.11. The topological polar surface area (TPSA) is 58.9 Å². The summed E-state index contributed by atoms with van der Waals surface area (Å²) in [5.41, 5.74) is 1.80. The van der Waals surface area contributed by atoms with Gasteiger partial charge >= 0.3 is 0 Å². The maximum Gasteiger partial charge on any atom is 0.122 e. The molecule has 2 N–H and O–H groups in total. The number of aliphatic hydroxyl groups excluding tert-OH is 2. The van der Waals surface area contributed by atoms with Crippen LogP contribution in [0.1, 0.15) is 31.1 Å². The fourth-order valence-corrected chi connectivity index (χ4v) is 1.58. The molecule has 1 unspecified atom stereocenters. The van der Waals surface area contributed by atoms with Gasteiger partial charge in [0.15, 0.2) is 0 Å². The molecular weight excluding hydrogens is 232 g/mol. The minimum atomic E-state index is -0.624. The molecular formula is C14H22O4. The van der Waals surface area contributed by atoms with Crippen LogP contribution in [0.15, 0.2) is 18.2 Å². The Labute approximate surface area is 108 Å². The molecule has 0 radical (unpaired) electrons. The van der Waals surface area contributed by atoms with Crippen molar-refractivity contribution in [1.82, 2.24) is 0 Å². The molecule has 2 atom stereocenters. The summed E-state index contributed by atoms with van der Waals surface area (Å²) in [5, 5.41) is 19.0. The first-order chi connectivity index (χ1) is 8.54. The molecule has 1 aromatic rings. The molecule has 0 aromatic heterocycles. The van der Waals surface area contributed by atoms with E-state index in [1.165, 1.54) is 0 Å². The number of aryl methyl sites for hydroxylation is 1. The van der Waals surface area contributed by atoms with Crippen molar-refractivity contribution in [3.8, 4) is 5.75 Å². The molecule has 0 aliphatic carbocycles. The van der Waals surface area contributed by atoms with Gasteiger partial charge < -0.3 is 19.7 Å². The second-order valence-corrected chi connectivity index (χ2v) is 4.33. The van der Waals surface area contributed by atoms with Crippen molar-refractivity contribution >= 4 is 0 Å². The summed E-state index contributed by atoms with van der Waals surface area (Å²) in [6.45, 7) is 6.58. The smallest absolute Gasteiger partial charge is 0.122 e. The van der Waals surface area contributed by atoms with Crippen LogP contribution < -0.4 is 4.74 Å². The number of aliphatic hydroxyl groups is 2. The van der Waals surface area contributed by atoms with Gasteiger partial charge in [0.2, 0.25) is 0 Å². The number of hydrogen-bond donors (Lipinski definition) is 2. The summed E-state index contributed by atoms with van der Waals surface area (Å²) in [4.78, 5) is 0. The molecule has 0 aliphatic rings. The van der Waals surface area contributed by atoms with Gasteiger partial charge in [0.1, 0.15) is 18.5 Å². The highest BCUT2D eigenvalue weighted by Crippen LogP contribution is 2.22. The Morgan fingerprint density at radius 3 is 2.50 bits per heavy atom. The Bertz CT molecular complexity index is 363. The monoisotopic (exact) mass is 254 g/mol. The zero-order valence-corrected chi connectivity index (χ0v) is 11.2. The van der Waals surface area contributed by atoms with Crippen molar-refractivity contribution in [3.63, 3.8) is 0 Å². The van der Waals surface area contributed by atoms with E-state index in [1.807, 2.05) is 32.0 Å². The largest absolute Gasteiger partial charge is 0.491 e. The highest BCUT2D eigenvalue weighted by atomic mass is 16.5. The second-order valence-electron chi connectivity index (χ2n) is 4.33. The van der Waals surface area contributed by atoms with Gasteiger partial charge in [-0.1, -0.05) is 6.07 Å². The Balaban J connectivity index is 2.52. The fraction of sp³-hybridized carbons (Fsp3) is 0.571. The first-order valence-electron chi connectivity index (χ1n) is 6.21. The Kier molecular flexibility index (Phi) is 6.12. The van der Waals surface area contributed by atoms with Crippen molar-refractivity contribution in [2.45, 2.75) is 33.0 Å². The third kappa shape index (κ3) is 4.64. The third-order valence-corrected chi connectivity index (χ3v) is 2.63. The molecule has 1 aromatic carbocycles. The predicted molar refractivity (Wildman–Crippen MR) is 69.8 cm³/mol. The van der Waals surface area contributed by atoms with Crippen molar-refractivity contribution < 1.29 is 19.7 Å². The van der Waals surface area contributed by atoms with Gasteiger partial charge in [0.05, 0.1) is 12.7 Å². The first-order valence-corrected chi connectivity index (χ1v) is 6.21. The molecule has 0 aliphatic heterocycles. The van der Waals surface area contributed by atoms with Crippen LogP contribution in [0.2, 0.25) is 0 Å². The summed E-state index contributed by atoms with van der Waals surface area (Å²) >= 11 is 0. The molecule has 0 saturated carbocycles. The zero-order valence-electron chi connectivity index (χ0n) is 11.2. The fourth-order valence-electron chi connectivity index (χ4n) is 1.58. The Morgan fingerprint density at radius 2 is 1.94 bits per heavy atom. The summed E-state index contributed by atoms with van der Waals surface area (Å²) in [5.74, 6) is 0.718. The zero-order chi connectivity index (χ0) is 13.5. The van der Waals surface area contributed by atoms with Gasteiger partial charge in [0, 0.05) is 6.61 Å². The highest BCUT2D eigenvalue weighted by molar-refractivity contribution is 5.36. The standard InChI is InChI=1S/C14H22O4/c1-4-17-8-13(16)9-18-14-6-5-12(11(3)15)7-10(14)2/h5-7,11,13,15-16H,4,8-9H2,1-3H3/t11-,13?/m0/s1. The van der Waals surface area contributed by atoms with Crippen molar-refractivity contribution in [1.29, 1.82) is 0 Å². The van der Waals surface area contributed by atoms with Crippen molar-refractivity contribution in [2.75, 3.05) is 19.8 Å². The maximum absolute atomic E-state index is 9.59. The maximum atomic E-state index is 9.59. The third-order valence-electron chi connectivity index (χ3n) is 2.63. The van der Waals surface area contributed by atoms with Crippen molar-refractivity contribution in [2.24, 2.45) is 0 Å². The highest BCUT2D eigenvalue weighted by Gasteiger charge is 2.08. The van der Waals surface area contributed by atoms with Crippen LogP contribution >= 0.6 is 0 Å². The van der Waals surface area contributed by atoms with E-state index < -0.39 is 12.2 Å². The van der Waals surface area contributed by atoms with Crippen LogP contribution in [0, 0.1) is 6.92 Å². The Morgan fingerprint density at radius 1 is 1.22 bits per heavy atom. The van der Waals surface area contributed by atoms with Crippen LogP contribution in [0.25, 0.3) is 0 Å². The molecule has 18 heavy (non-hydrogen) atoms. The minimum absolute atomic E-state index is 0.203. The normalized spacial score (nSPS) is 14.3. The van der Waals surface area contributed by atoms with E-state index in [1.54, 1.807) is 6.92 Å². The van der Waals surface area contributed by atoms with Gasteiger partial charge in [-0.05, 0) is 44.0 Å². The molecule has 0 amide bonds. The van der Waals surface area contributed by atoms with E-state index in [9.17, 15) is 10.2 Å². The van der Waals surface area contributed by atoms with Crippen LogP contribution in [-0.2, 0) is 4.74 Å². The summed E-state index contributed by atoms with van der Waals surface area (Å²) in [7, 11) is 0. The molecule has 102 valence electrons. The molecule has 0 spiro atoms. The molecule has 0 saturated heterocycles. The molecule has 0 heterocycles. The molecule has 0 fully saturated rings. The minimum Gasteiger partial charge on any atom is -0.491 e. The number of hydrogen-bond acceptors (Lipinski definition) is 4. The van der Waals surface area contributed by atoms with Crippen LogP contribution in [-0.4, -0.2) is 36.1 Å². The van der Waals surface area contributed by atoms with E-state index in [4.69, 9.17) is 9.47 Å². The van der Waals surface area contributed by atoms with E-state index >= 15 is 0 Å². The summed E-state index contributed by atoms with van der Waals surface area (Å²) < 4.78 is 10.6. The van der Waals surface area contributed by atoms with E-state index in [2.05, 4.69) is 0 Å². The van der Waals surface area contributed by atoms with Gasteiger partial charge in [-0.3, -0.25) is 0 Å². The van der Waals surface area contributed by atoms with Gasteiger partial charge in [-0.25, -0.2) is 0 Å². The van der Waals surface area contributed by atoms with Gasteiger partial charge in [-0.15, -0.1) is 0 Å². The van der Waals surface area contributed by atoms with E-state index in [0.29, 0.717) is 6.61 Å². The summed E-state index contributed by atoms with van der Waals surface area (Å²) in [6, 6.07) is 5.52. The Hall–Kier alpha value is -1.10. The van der Waals surface area contributed by atoms with Gasteiger partial charge in [-0.2, -0.15) is 0 Å². The molecule has 4 nitrogen and oxygen atoms in total. The number of benzene rings is 1. The van der Waals surface area contributed by atoms with Crippen LogP contribution in [0.4, 0.5) is 0 Å². The van der Waals surface area contributed by atoms with E-state index in [0.717, 1.165) is 16.9 Å². The van der Waals surface area contributed by atoms with Crippen molar-refractivity contribution in [3.05, 3.63) is 29.3 Å². The second kappa shape index (κ2) is 7.36. The lowest BCUT2D eigenvalue weighted by molar-refractivity contribution is 0.0163. The average molecular weight is 254 g/mol.